The molecule has 1 heterocycles. The van der Waals surface area contributed by atoms with E-state index in [0.29, 0.717) is 11.1 Å². The fraction of sp³-hybridized carbons (Fsp3) is 0.296. The Morgan fingerprint density at radius 2 is 1.79 bits per heavy atom. The zero-order chi connectivity index (χ0) is 24.0. The third-order valence-electron chi connectivity index (χ3n) is 6.10. The number of likely N-dealkylation sites (N-methyl/N-ethyl adjacent to an activating group) is 1. The van der Waals surface area contributed by atoms with Gasteiger partial charge in [-0.05, 0) is 74.5 Å². The van der Waals surface area contributed by atoms with Crippen LogP contribution in [0.25, 0.3) is 5.70 Å². The van der Waals surface area contributed by atoms with Gasteiger partial charge >= 0.3 is 0 Å². The molecule has 6 heteroatoms. The third kappa shape index (κ3) is 5.63. The van der Waals surface area contributed by atoms with Gasteiger partial charge in [-0.3, -0.25) is 0 Å². The maximum absolute atomic E-state index is 14.5. The Hall–Kier alpha value is -3.56. The van der Waals surface area contributed by atoms with E-state index in [1.54, 1.807) is 6.07 Å². The first-order chi connectivity index (χ1) is 15.9. The molecule has 0 bridgehead atoms. The Morgan fingerprint density at radius 1 is 1.12 bits per heavy atom. The van der Waals surface area contributed by atoms with Crippen molar-refractivity contribution in [1.29, 1.82) is 5.26 Å². The molecule has 1 saturated heterocycles. The summed E-state index contributed by atoms with van der Waals surface area (Å²) in [6.45, 7) is 7.79. The Labute approximate surface area is 196 Å². The number of aliphatic hydroxyl groups excluding tert-OH is 1. The van der Waals surface area contributed by atoms with Crippen molar-refractivity contribution < 1.29 is 9.50 Å². The van der Waals surface area contributed by atoms with Crippen molar-refractivity contribution >= 4 is 17.1 Å². The number of rotatable bonds is 6. The molecule has 0 aliphatic carbocycles. The average molecular weight is 447 g/mol. The molecule has 1 aliphatic rings. The molecule has 0 radical (unpaired) electrons. The highest BCUT2D eigenvalue weighted by molar-refractivity contribution is 5.82. The van der Waals surface area contributed by atoms with E-state index < -0.39 is 5.82 Å². The highest BCUT2D eigenvalue weighted by Crippen LogP contribution is 2.30. The first kappa shape index (κ1) is 24.1. The number of aliphatic hydroxyl groups is 1. The minimum absolute atomic E-state index is 0.00924. The van der Waals surface area contributed by atoms with Gasteiger partial charge in [0.2, 0.25) is 0 Å². The lowest BCUT2D eigenvalue weighted by Gasteiger charge is -2.34. The number of allylic oxidation sites excluding steroid dienone is 4. The summed E-state index contributed by atoms with van der Waals surface area (Å²) in [5, 5.41) is 18.6. The van der Waals surface area contributed by atoms with Crippen molar-refractivity contribution in [3.05, 3.63) is 89.0 Å². The molecular formula is C27H31FN4O. The molecule has 5 nitrogen and oxygen atoms in total. The smallest absolute Gasteiger partial charge is 0.141 e. The number of anilines is 2. The van der Waals surface area contributed by atoms with Crippen LogP contribution in [-0.2, 0) is 0 Å². The molecule has 3 rings (SSSR count). The van der Waals surface area contributed by atoms with E-state index >= 15 is 0 Å². The first-order valence-corrected chi connectivity index (χ1v) is 11.0. The quantitative estimate of drug-likeness (QED) is 0.480. The summed E-state index contributed by atoms with van der Waals surface area (Å²) >= 11 is 0. The number of nitrogens with zero attached hydrogens (tertiary/aromatic N) is 4. The predicted octanol–water partition coefficient (Wildman–Crippen LogP) is 5.33. The number of piperazine rings is 1. The predicted molar refractivity (Wildman–Crippen MR) is 134 cm³/mol. The lowest BCUT2D eigenvalue weighted by molar-refractivity contribution is 0.313. The third-order valence-corrected chi connectivity index (χ3v) is 6.10. The van der Waals surface area contributed by atoms with Gasteiger partial charge in [0, 0.05) is 55.9 Å². The fourth-order valence-electron chi connectivity index (χ4n) is 3.88. The van der Waals surface area contributed by atoms with Gasteiger partial charge in [0.05, 0.1) is 11.8 Å². The summed E-state index contributed by atoms with van der Waals surface area (Å²) in [4.78, 5) is 6.70. The van der Waals surface area contributed by atoms with Crippen molar-refractivity contribution in [3.63, 3.8) is 0 Å². The second kappa shape index (κ2) is 10.8. The maximum atomic E-state index is 14.5. The van der Waals surface area contributed by atoms with Gasteiger partial charge in [-0.2, -0.15) is 5.26 Å². The Kier molecular flexibility index (Phi) is 7.92. The molecular weight excluding hydrogens is 415 g/mol. The van der Waals surface area contributed by atoms with E-state index in [0.717, 1.165) is 49.4 Å². The van der Waals surface area contributed by atoms with Gasteiger partial charge in [0.25, 0.3) is 0 Å². The normalized spacial score (nSPS) is 16.0. The van der Waals surface area contributed by atoms with Crippen LogP contribution in [0.15, 0.2) is 72.0 Å². The summed E-state index contributed by atoms with van der Waals surface area (Å²) in [6, 6.07) is 14.8. The van der Waals surface area contributed by atoms with Crippen molar-refractivity contribution in [2.75, 3.05) is 50.1 Å². The SMILES string of the molecule is C/C=C(\C=C(\c1ccc(C#N)c(F)c1)N(C)c1ccc(N2CCN(C)CC2)cc1)C(C)=CO. The number of hydrogen-bond donors (Lipinski definition) is 1. The molecule has 1 N–H and O–H groups in total. The molecule has 2 aromatic rings. The summed E-state index contributed by atoms with van der Waals surface area (Å²) in [7, 11) is 4.07. The van der Waals surface area contributed by atoms with Crippen LogP contribution in [0, 0.1) is 17.1 Å². The standard InChI is InChI=1S/C27H31FN4O/c1-5-21(20(2)19-33)17-27(22-6-7-23(18-29)26(28)16-22)31(4)24-8-10-25(11-9-24)32-14-12-30(3)13-15-32/h5-11,16-17,19,33H,12-15H2,1-4H3/b20-19?,21-5+,27-17-. The first-order valence-electron chi connectivity index (χ1n) is 11.0. The maximum Gasteiger partial charge on any atom is 0.141 e. The van der Waals surface area contributed by atoms with E-state index in [1.165, 1.54) is 17.8 Å². The number of nitriles is 1. The Morgan fingerprint density at radius 3 is 2.33 bits per heavy atom. The van der Waals surface area contributed by atoms with Crippen molar-refractivity contribution in [1.82, 2.24) is 4.90 Å². The van der Waals surface area contributed by atoms with Gasteiger partial charge in [-0.25, -0.2) is 4.39 Å². The van der Waals surface area contributed by atoms with Crippen LogP contribution < -0.4 is 9.80 Å². The van der Waals surface area contributed by atoms with E-state index in [4.69, 9.17) is 5.26 Å². The van der Waals surface area contributed by atoms with Gasteiger partial charge in [0.1, 0.15) is 11.9 Å². The second-order valence-electron chi connectivity index (χ2n) is 8.26. The zero-order valence-corrected chi connectivity index (χ0v) is 19.7. The van der Waals surface area contributed by atoms with Crippen LogP contribution in [0.5, 0.6) is 0 Å². The molecule has 2 aromatic carbocycles. The van der Waals surface area contributed by atoms with Crippen molar-refractivity contribution in [2.24, 2.45) is 0 Å². The number of benzene rings is 2. The second-order valence-corrected chi connectivity index (χ2v) is 8.26. The highest BCUT2D eigenvalue weighted by Gasteiger charge is 2.16. The van der Waals surface area contributed by atoms with Crippen molar-refractivity contribution in [3.8, 4) is 6.07 Å². The lowest BCUT2D eigenvalue weighted by atomic mass is 10.0. The molecule has 1 aliphatic heterocycles. The van der Waals surface area contributed by atoms with Crippen LogP contribution in [0.1, 0.15) is 25.0 Å². The van der Waals surface area contributed by atoms with Crippen LogP contribution >= 0.6 is 0 Å². The van der Waals surface area contributed by atoms with Gasteiger partial charge in [0.15, 0.2) is 0 Å². The minimum atomic E-state index is -0.559. The number of hydrogen-bond acceptors (Lipinski definition) is 5. The fourth-order valence-corrected chi connectivity index (χ4v) is 3.88. The summed E-state index contributed by atoms with van der Waals surface area (Å²) in [6.07, 6.45) is 4.87. The largest absolute Gasteiger partial charge is 0.515 e. The zero-order valence-electron chi connectivity index (χ0n) is 19.7. The average Bonchev–Trinajstić information content (AvgIpc) is 2.84. The molecule has 0 unspecified atom stereocenters. The minimum Gasteiger partial charge on any atom is -0.515 e. The molecule has 0 aromatic heterocycles. The summed E-state index contributed by atoms with van der Waals surface area (Å²) in [5.74, 6) is -0.559. The molecule has 1 fully saturated rings. The van der Waals surface area contributed by atoms with Crippen LogP contribution in [-0.4, -0.2) is 50.3 Å². The number of halogens is 1. The van der Waals surface area contributed by atoms with E-state index in [9.17, 15) is 9.50 Å². The topological polar surface area (TPSA) is 53.7 Å². The lowest BCUT2D eigenvalue weighted by Crippen LogP contribution is -2.44. The Balaban J connectivity index is 1.98. The van der Waals surface area contributed by atoms with Crippen molar-refractivity contribution in [2.45, 2.75) is 13.8 Å². The van der Waals surface area contributed by atoms with Gasteiger partial charge < -0.3 is 19.8 Å². The van der Waals surface area contributed by atoms with E-state index in [2.05, 4.69) is 41.1 Å². The molecule has 33 heavy (non-hydrogen) atoms. The molecule has 172 valence electrons. The Bertz CT molecular complexity index is 1100. The van der Waals surface area contributed by atoms with Gasteiger partial charge in [-0.15, -0.1) is 0 Å². The molecule has 0 saturated carbocycles. The molecule has 0 atom stereocenters. The highest BCUT2D eigenvalue weighted by atomic mass is 19.1. The van der Waals surface area contributed by atoms with E-state index in [-0.39, 0.29) is 5.56 Å². The van der Waals surface area contributed by atoms with E-state index in [1.807, 2.05) is 44.0 Å². The summed E-state index contributed by atoms with van der Waals surface area (Å²) in [5.41, 5.74) is 5.05. The molecule has 0 amide bonds. The van der Waals surface area contributed by atoms with Crippen LogP contribution in [0.2, 0.25) is 0 Å². The van der Waals surface area contributed by atoms with Crippen LogP contribution in [0.4, 0.5) is 15.8 Å². The van der Waals surface area contributed by atoms with Crippen LogP contribution in [0.3, 0.4) is 0 Å². The summed E-state index contributed by atoms with van der Waals surface area (Å²) < 4.78 is 14.5. The molecule has 0 spiro atoms. The monoisotopic (exact) mass is 446 g/mol. The van der Waals surface area contributed by atoms with Gasteiger partial charge in [-0.1, -0.05) is 12.1 Å².